The fourth-order valence-corrected chi connectivity index (χ4v) is 5.35. The number of nitrogens with zero attached hydrogens (tertiary/aromatic N) is 1. The molecule has 2 fully saturated rings. The van der Waals surface area contributed by atoms with E-state index in [1.54, 1.807) is 11.3 Å². The van der Waals surface area contributed by atoms with Crippen LogP contribution in [0.3, 0.4) is 0 Å². The average Bonchev–Trinajstić information content (AvgIpc) is 2.97. The second-order valence-corrected chi connectivity index (χ2v) is 8.97. The van der Waals surface area contributed by atoms with Gasteiger partial charge in [-0.1, -0.05) is 0 Å². The summed E-state index contributed by atoms with van der Waals surface area (Å²) < 4.78 is 1.92. The van der Waals surface area contributed by atoms with Gasteiger partial charge in [-0.25, -0.2) is 0 Å². The van der Waals surface area contributed by atoms with Gasteiger partial charge >= 0.3 is 0 Å². The first-order chi connectivity index (χ1) is 9.15. The molecule has 3 nitrogen and oxygen atoms in total. The summed E-state index contributed by atoms with van der Waals surface area (Å²) in [5, 5.41) is 3.48. The zero-order chi connectivity index (χ0) is 13.4. The molecule has 0 aromatic carbocycles. The maximum Gasteiger partial charge on any atom is 0.256 e. The van der Waals surface area contributed by atoms with Crippen molar-refractivity contribution in [3.05, 3.63) is 19.2 Å². The van der Waals surface area contributed by atoms with Crippen LogP contribution >= 0.6 is 43.2 Å². The third-order valence-electron chi connectivity index (χ3n) is 3.72. The van der Waals surface area contributed by atoms with Crippen molar-refractivity contribution >= 4 is 49.1 Å². The van der Waals surface area contributed by atoms with Crippen molar-refractivity contribution in [3.63, 3.8) is 0 Å². The molecule has 1 atom stereocenters. The molecule has 1 N–H and O–H groups in total. The lowest BCUT2D eigenvalue weighted by Crippen LogP contribution is -2.42. The molecular formula is C13H16Br2N2OS. The Morgan fingerprint density at radius 2 is 2.21 bits per heavy atom. The smallest absolute Gasteiger partial charge is 0.256 e. The van der Waals surface area contributed by atoms with Crippen LogP contribution in [0, 0.1) is 0 Å². The lowest BCUT2D eigenvalue weighted by atomic mass is 10.2. The molecule has 2 aliphatic rings. The van der Waals surface area contributed by atoms with Crippen molar-refractivity contribution in [2.75, 3.05) is 13.1 Å². The van der Waals surface area contributed by atoms with E-state index in [4.69, 9.17) is 0 Å². The van der Waals surface area contributed by atoms with Gasteiger partial charge in [0.15, 0.2) is 0 Å². The zero-order valence-electron chi connectivity index (χ0n) is 10.5. The normalized spacial score (nSPS) is 22.7. The van der Waals surface area contributed by atoms with Gasteiger partial charge in [0.05, 0.1) is 13.1 Å². The van der Waals surface area contributed by atoms with Crippen LogP contribution in [0.1, 0.15) is 36.0 Å². The Hall–Kier alpha value is 0.0900. The first-order valence-electron chi connectivity index (χ1n) is 6.64. The van der Waals surface area contributed by atoms with Crippen LogP contribution in [0.4, 0.5) is 0 Å². The van der Waals surface area contributed by atoms with Gasteiger partial charge < -0.3 is 10.2 Å². The molecule has 104 valence electrons. The Bertz CT molecular complexity index is 481. The molecule has 19 heavy (non-hydrogen) atoms. The van der Waals surface area contributed by atoms with Crippen LogP contribution < -0.4 is 5.32 Å². The number of halogens is 2. The summed E-state index contributed by atoms with van der Waals surface area (Å²) in [6, 6.07) is 2.86. The molecule has 3 rings (SSSR count). The van der Waals surface area contributed by atoms with E-state index in [0.29, 0.717) is 12.1 Å². The minimum atomic E-state index is 0.171. The van der Waals surface area contributed by atoms with Gasteiger partial charge in [-0.15, -0.1) is 11.3 Å². The second kappa shape index (κ2) is 5.84. The number of rotatable bonds is 4. The number of hydrogen-bond acceptors (Lipinski definition) is 3. The molecule has 1 unspecified atom stereocenters. The van der Waals surface area contributed by atoms with E-state index >= 15 is 0 Å². The number of carbonyl (C=O) groups is 1. The van der Waals surface area contributed by atoms with Crippen LogP contribution in [0.2, 0.25) is 0 Å². The Labute approximate surface area is 134 Å². The maximum atomic E-state index is 12.7. The Balaban J connectivity index is 1.75. The summed E-state index contributed by atoms with van der Waals surface area (Å²) in [7, 11) is 0. The topological polar surface area (TPSA) is 32.3 Å². The van der Waals surface area contributed by atoms with E-state index in [9.17, 15) is 4.79 Å². The molecule has 1 saturated heterocycles. The zero-order valence-corrected chi connectivity index (χ0v) is 14.5. The molecule has 0 radical (unpaired) electrons. The van der Waals surface area contributed by atoms with Crippen molar-refractivity contribution in [2.45, 2.75) is 37.8 Å². The molecule has 1 amide bonds. The predicted molar refractivity (Wildman–Crippen MR) is 84.8 cm³/mol. The minimum Gasteiger partial charge on any atom is -0.334 e. The molecular weight excluding hydrogens is 392 g/mol. The van der Waals surface area contributed by atoms with Gasteiger partial charge in [0.2, 0.25) is 0 Å². The lowest BCUT2D eigenvalue weighted by molar-refractivity contribution is 0.0728. The van der Waals surface area contributed by atoms with Gasteiger partial charge in [-0.05, 0) is 70.2 Å². The molecule has 2 heterocycles. The van der Waals surface area contributed by atoms with E-state index in [0.717, 1.165) is 39.1 Å². The molecule has 0 spiro atoms. The SMILES string of the molecule is O=C(c1cc(Br)sc1Br)N(CC1CCCN1)C1CC1. The van der Waals surface area contributed by atoms with E-state index < -0.39 is 0 Å². The number of thiophene rings is 1. The van der Waals surface area contributed by atoms with Crippen LogP contribution in [0.25, 0.3) is 0 Å². The Kier molecular flexibility index (Phi) is 4.31. The molecule has 1 aromatic rings. The molecule has 1 aromatic heterocycles. The predicted octanol–water partition coefficient (Wildman–Crippen LogP) is 3.63. The highest BCUT2D eigenvalue weighted by molar-refractivity contribution is 9.12. The quantitative estimate of drug-likeness (QED) is 0.826. The lowest BCUT2D eigenvalue weighted by Gasteiger charge is -2.25. The number of carbonyl (C=O) groups excluding carboxylic acids is 1. The van der Waals surface area contributed by atoms with Crippen LogP contribution in [0.5, 0.6) is 0 Å². The van der Waals surface area contributed by atoms with Crippen molar-refractivity contribution in [3.8, 4) is 0 Å². The van der Waals surface area contributed by atoms with E-state index in [1.807, 2.05) is 6.07 Å². The van der Waals surface area contributed by atoms with Crippen LogP contribution in [0.15, 0.2) is 13.6 Å². The van der Waals surface area contributed by atoms with Crippen LogP contribution in [-0.2, 0) is 0 Å². The fourth-order valence-electron chi connectivity index (χ4n) is 2.57. The van der Waals surface area contributed by atoms with E-state index in [1.165, 1.54) is 12.8 Å². The standard InChI is InChI=1S/C13H16Br2N2OS/c14-11-6-10(12(15)19-11)13(18)17(9-3-4-9)7-8-2-1-5-16-8/h6,8-9,16H,1-5,7H2. The number of amides is 1. The van der Waals surface area contributed by atoms with Gasteiger partial charge in [0.25, 0.3) is 5.91 Å². The first kappa shape index (κ1) is 14.0. The van der Waals surface area contributed by atoms with Gasteiger partial charge in [-0.2, -0.15) is 0 Å². The monoisotopic (exact) mass is 406 g/mol. The van der Waals surface area contributed by atoms with Gasteiger partial charge in [-0.3, -0.25) is 4.79 Å². The van der Waals surface area contributed by atoms with Gasteiger partial charge in [0, 0.05) is 18.6 Å². The fraction of sp³-hybridized carbons (Fsp3) is 0.615. The van der Waals surface area contributed by atoms with Gasteiger partial charge in [0.1, 0.15) is 0 Å². The van der Waals surface area contributed by atoms with E-state index in [2.05, 4.69) is 42.1 Å². The number of nitrogens with one attached hydrogen (secondary N) is 1. The third kappa shape index (κ3) is 3.23. The summed E-state index contributed by atoms with van der Waals surface area (Å²) in [4.78, 5) is 14.8. The average molecular weight is 408 g/mol. The van der Waals surface area contributed by atoms with Crippen molar-refractivity contribution in [1.29, 1.82) is 0 Å². The maximum absolute atomic E-state index is 12.7. The largest absolute Gasteiger partial charge is 0.334 e. The van der Waals surface area contributed by atoms with Crippen molar-refractivity contribution < 1.29 is 4.79 Å². The molecule has 1 aliphatic heterocycles. The highest BCUT2D eigenvalue weighted by Gasteiger charge is 2.35. The molecule has 1 saturated carbocycles. The Morgan fingerprint density at radius 3 is 2.74 bits per heavy atom. The van der Waals surface area contributed by atoms with Crippen LogP contribution in [-0.4, -0.2) is 36.0 Å². The molecule has 0 bridgehead atoms. The summed E-state index contributed by atoms with van der Waals surface area (Å²) >= 11 is 8.50. The molecule has 6 heteroatoms. The Morgan fingerprint density at radius 1 is 1.42 bits per heavy atom. The number of hydrogen-bond donors (Lipinski definition) is 1. The highest BCUT2D eigenvalue weighted by atomic mass is 79.9. The summed E-state index contributed by atoms with van der Waals surface area (Å²) in [5.74, 6) is 0.171. The minimum absolute atomic E-state index is 0.171. The van der Waals surface area contributed by atoms with E-state index in [-0.39, 0.29) is 5.91 Å². The third-order valence-corrected chi connectivity index (χ3v) is 6.05. The second-order valence-electron chi connectivity index (χ2n) is 5.22. The van der Waals surface area contributed by atoms with Crippen molar-refractivity contribution in [1.82, 2.24) is 10.2 Å². The molecule has 1 aliphatic carbocycles. The summed E-state index contributed by atoms with van der Waals surface area (Å²) in [6.07, 6.45) is 4.72. The van der Waals surface area contributed by atoms with Crippen molar-refractivity contribution in [2.24, 2.45) is 0 Å². The highest BCUT2D eigenvalue weighted by Crippen LogP contribution is 2.35. The summed E-state index contributed by atoms with van der Waals surface area (Å²) in [5.41, 5.74) is 0.793. The summed E-state index contributed by atoms with van der Waals surface area (Å²) in [6.45, 7) is 1.94. The first-order valence-corrected chi connectivity index (χ1v) is 9.04.